The largest absolute Gasteiger partial charge is 0.295 e. The van der Waals surface area contributed by atoms with Crippen molar-refractivity contribution >= 4 is 23.4 Å². The Labute approximate surface area is 133 Å². The lowest BCUT2D eigenvalue weighted by Gasteiger charge is -2.24. The van der Waals surface area contributed by atoms with E-state index in [0.29, 0.717) is 5.75 Å². The van der Waals surface area contributed by atoms with Gasteiger partial charge in [0, 0.05) is 11.6 Å². The standard InChI is InChI=1S/C18H16FNOS/c1-2-12-13-5-3-4-6-14(13)18-20(17(21)10-22-18)16-8-7-11(19)9-15(12)16/h3-9,12,18H,2,10H2,1H3. The van der Waals surface area contributed by atoms with Gasteiger partial charge in [-0.25, -0.2) is 4.39 Å². The molecule has 0 aliphatic carbocycles. The highest BCUT2D eigenvalue weighted by molar-refractivity contribution is 8.00. The number of rotatable bonds is 1. The summed E-state index contributed by atoms with van der Waals surface area (Å²) in [5.41, 5.74) is 4.19. The summed E-state index contributed by atoms with van der Waals surface area (Å²) in [7, 11) is 0. The monoisotopic (exact) mass is 313 g/mol. The molecule has 2 aliphatic rings. The van der Waals surface area contributed by atoms with E-state index in [2.05, 4.69) is 19.1 Å². The van der Waals surface area contributed by atoms with Crippen LogP contribution >= 0.6 is 11.8 Å². The molecule has 2 heterocycles. The SMILES string of the molecule is CCC1c2ccccc2C2SCC(=O)N2c2ccc(F)cc21. The Morgan fingerprint density at radius 2 is 1.95 bits per heavy atom. The predicted molar refractivity (Wildman–Crippen MR) is 87.7 cm³/mol. The summed E-state index contributed by atoms with van der Waals surface area (Å²) in [6, 6.07) is 13.1. The third-order valence-electron chi connectivity index (χ3n) is 4.54. The molecule has 4 rings (SSSR count). The molecule has 112 valence electrons. The minimum Gasteiger partial charge on any atom is -0.295 e. The summed E-state index contributed by atoms with van der Waals surface area (Å²) in [5.74, 6) is 0.467. The number of hydrogen-bond acceptors (Lipinski definition) is 2. The number of fused-ring (bicyclic) bond motifs is 5. The van der Waals surface area contributed by atoms with Gasteiger partial charge in [-0.2, -0.15) is 0 Å². The average Bonchev–Trinajstić information content (AvgIpc) is 2.85. The number of carbonyl (C=O) groups is 1. The molecule has 0 N–H and O–H groups in total. The summed E-state index contributed by atoms with van der Waals surface area (Å²) in [6.07, 6.45) is 0.882. The molecule has 1 amide bonds. The van der Waals surface area contributed by atoms with Crippen LogP contribution in [0.25, 0.3) is 0 Å². The fraction of sp³-hybridized carbons (Fsp3) is 0.278. The number of halogens is 1. The highest BCUT2D eigenvalue weighted by Crippen LogP contribution is 2.51. The fourth-order valence-corrected chi connectivity index (χ4v) is 4.81. The zero-order valence-electron chi connectivity index (χ0n) is 12.3. The Kier molecular flexibility index (Phi) is 3.22. The van der Waals surface area contributed by atoms with E-state index in [1.54, 1.807) is 23.9 Å². The van der Waals surface area contributed by atoms with Crippen molar-refractivity contribution in [3.8, 4) is 0 Å². The van der Waals surface area contributed by atoms with E-state index in [1.165, 1.54) is 17.2 Å². The molecule has 2 aliphatic heterocycles. The number of nitrogens with zero attached hydrogens (tertiary/aromatic N) is 1. The molecule has 1 fully saturated rings. The third kappa shape index (κ3) is 1.90. The van der Waals surface area contributed by atoms with Gasteiger partial charge in [-0.05, 0) is 41.3 Å². The van der Waals surface area contributed by atoms with Crippen LogP contribution in [0.2, 0.25) is 0 Å². The van der Waals surface area contributed by atoms with Crippen LogP contribution in [-0.4, -0.2) is 11.7 Å². The smallest absolute Gasteiger partial charge is 0.238 e. The molecule has 4 heteroatoms. The van der Waals surface area contributed by atoms with Gasteiger partial charge >= 0.3 is 0 Å². The molecule has 2 unspecified atom stereocenters. The van der Waals surface area contributed by atoms with E-state index in [1.807, 2.05) is 17.0 Å². The van der Waals surface area contributed by atoms with E-state index in [0.717, 1.165) is 17.7 Å². The van der Waals surface area contributed by atoms with E-state index in [4.69, 9.17) is 0 Å². The van der Waals surface area contributed by atoms with Crippen LogP contribution in [-0.2, 0) is 4.79 Å². The molecule has 1 saturated heterocycles. The van der Waals surface area contributed by atoms with E-state index in [-0.39, 0.29) is 23.0 Å². The van der Waals surface area contributed by atoms with Gasteiger partial charge in [0.1, 0.15) is 11.2 Å². The van der Waals surface area contributed by atoms with Crippen molar-refractivity contribution in [3.63, 3.8) is 0 Å². The molecule has 0 spiro atoms. The number of amides is 1. The number of carbonyl (C=O) groups excluding carboxylic acids is 1. The number of anilines is 1. The highest BCUT2D eigenvalue weighted by atomic mass is 32.2. The average molecular weight is 313 g/mol. The van der Waals surface area contributed by atoms with Crippen molar-refractivity contribution in [2.75, 3.05) is 10.7 Å². The molecule has 0 saturated carbocycles. The summed E-state index contributed by atoms with van der Waals surface area (Å²) in [6.45, 7) is 2.11. The lowest BCUT2D eigenvalue weighted by atomic mass is 9.86. The number of hydrogen-bond donors (Lipinski definition) is 0. The van der Waals surface area contributed by atoms with Gasteiger partial charge < -0.3 is 0 Å². The second-order valence-electron chi connectivity index (χ2n) is 5.72. The van der Waals surface area contributed by atoms with Crippen molar-refractivity contribution in [2.45, 2.75) is 24.6 Å². The maximum absolute atomic E-state index is 13.8. The molecule has 2 atom stereocenters. The van der Waals surface area contributed by atoms with Crippen LogP contribution in [0.4, 0.5) is 10.1 Å². The van der Waals surface area contributed by atoms with Crippen molar-refractivity contribution in [3.05, 3.63) is 65.0 Å². The first-order chi connectivity index (χ1) is 10.7. The minimum absolute atomic E-state index is 0.00413. The second-order valence-corrected chi connectivity index (χ2v) is 6.79. The maximum Gasteiger partial charge on any atom is 0.238 e. The molecule has 0 bridgehead atoms. The lowest BCUT2D eigenvalue weighted by Crippen LogP contribution is -2.27. The Hall–Kier alpha value is -1.81. The van der Waals surface area contributed by atoms with Crippen LogP contribution in [0, 0.1) is 5.82 Å². The lowest BCUT2D eigenvalue weighted by molar-refractivity contribution is -0.115. The van der Waals surface area contributed by atoms with Gasteiger partial charge in [0.2, 0.25) is 5.91 Å². The fourth-order valence-electron chi connectivity index (χ4n) is 3.60. The van der Waals surface area contributed by atoms with Gasteiger partial charge in [0.25, 0.3) is 0 Å². The van der Waals surface area contributed by atoms with Crippen LogP contribution in [0.5, 0.6) is 0 Å². The van der Waals surface area contributed by atoms with Crippen LogP contribution < -0.4 is 4.90 Å². The van der Waals surface area contributed by atoms with Crippen LogP contribution in [0.1, 0.15) is 41.3 Å². The zero-order valence-corrected chi connectivity index (χ0v) is 13.1. The van der Waals surface area contributed by atoms with Crippen molar-refractivity contribution in [2.24, 2.45) is 0 Å². The summed E-state index contributed by atoms with van der Waals surface area (Å²) in [4.78, 5) is 14.3. The van der Waals surface area contributed by atoms with Gasteiger partial charge in [-0.15, -0.1) is 11.8 Å². The summed E-state index contributed by atoms with van der Waals surface area (Å²) in [5, 5.41) is 0.00413. The van der Waals surface area contributed by atoms with E-state index in [9.17, 15) is 9.18 Å². The summed E-state index contributed by atoms with van der Waals surface area (Å²) >= 11 is 1.65. The van der Waals surface area contributed by atoms with Gasteiger partial charge in [0.05, 0.1) is 5.75 Å². The highest BCUT2D eigenvalue weighted by Gasteiger charge is 2.40. The van der Waals surface area contributed by atoms with E-state index >= 15 is 0 Å². The second kappa shape index (κ2) is 5.13. The zero-order chi connectivity index (χ0) is 15.3. The number of benzene rings is 2. The Balaban J connectivity index is 2.04. The molecule has 2 aromatic rings. The first-order valence-corrected chi connectivity index (χ1v) is 8.57. The maximum atomic E-state index is 13.8. The minimum atomic E-state index is -0.243. The topological polar surface area (TPSA) is 20.3 Å². The first-order valence-electron chi connectivity index (χ1n) is 7.52. The van der Waals surface area contributed by atoms with Crippen molar-refractivity contribution in [1.82, 2.24) is 0 Å². The van der Waals surface area contributed by atoms with E-state index < -0.39 is 0 Å². The molecule has 2 aromatic carbocycles. The van der Waals surface area contributed by atoms with Crippen LogP contribution in [0.15, 0.2) is 42.5 Å². The quantitative estimate of drug-likeness (QED) is 0.775. The molecular weight excluding hydrogens is 297 g/mol. The number of thioether (sulfide) groups is 1. The Morgan fingerprint density at radius 3 is 2.73 bits per heavy atom. The van der Waals surface area contributed by atoms with Crippen molar-refractivity contribution < 1.29 is 9.18 Å². The van der Waals surface area contributed by atoms with Gasteiger partial charge in [-0.1, -0.05) is 31.2 Å². The van der Waals surface area contributed by atoms with Crippen molar-refractivity contribution in [1.29, 1.82) is 0 Å². The molecule has 22 heavy (non-hydrogen) atoms. The molecule has 0 radical (unpaired) electrons. The molecule has 2 nitrogen and oxygen atoms in total. The van der Waals surface area contributed by atoms with Gasteiger partial charge in [0.15, 0.2) is 0 Å². The normalized spacial score (nSPS) is 22.8. The predicted octanol–water partition coefficient (Wildman–Crippen LogP) is 4.46. The Morgan fingerprint density at radius 1 is 1.18 bits per heavy atom. The van der Waals surface area contributed by atoms with Crippen LogP contribution in [0.3, 0.4) is 0 Å². The first kappa shape index (κ1) is 13.8. The Bertz CT molecular complexity index is 761. The summed E-state index contributed by atoms with van der Waals surface area (Å²) < 4.78 is 13.8. The third-order valence-corrected chi connectivity index (χ3v) is 5.73. The van der Waals surface area contributed by atoms with Gasteiger partial charge in [-0.3, -0.25) is 9.69 Å². The molecular formula is C18H16FNOS. The molecule has 0 aromatic heterocycles.